The molecule has 0 spiro atoms. The van der Waals surface area contributed by atoms with Gasteiger partial charge in [-0.25, -0.2) is 0 Å². The Morgan fingerprint density at radius 3 is 2.29 bits per heavy atom. The number of nitrogens with zero attached hydrogens (tertiary/aromatic N) is 1. The average molecular weight is 238 g/mol. The van der Waals surface area contributed by atoms with Crippen molar-refractivity contribution in [2.45, 2.75) is 52.7 Å². The zero-order valence-corrected chi connectivity index (χ0v) is 11.7. The SMILES string of the molecule is CC(NCCN(C(C)C)C(C)C)c1ccco1. The van der Waals surface area contributed by atoms with Gasteiger partial charge in [0.1, 0.15) is 5.76 Å². The quantitative estimate of drug-likeness (QED) is 0.791. The molecular weight excluding hydrogens is 212 g/mol. The number of rotatable bonds is 7. The summed E-state index contributed by atoms with van der Waals surface area (Å²) in [4.78, 5) is 2.49. The molecule has 1 unspecified atom stereocenters. The smallest absolute Gasteiger partial charge is 0.120 e. The first-order valence-electron chi connectivity index (χ1n) is 6.55. The summed E-state index contributed by atoms with van der Waals surface area (Å²) in [6.45, 7) is 13.2. The minimum absolute atomic E-state index is 0.283. The monoisotopic (exact) mass is 238 g/mol. The lowest BCUT2D eigenvalue weighted by Crippen LogP contribution is -2.41. The topological polar surface area (TPSA) is 28.4 Å². The third-order valence-corrected chi connectivity index (χ3v) is 3.12. The maximum absolute atomic E-state index is 5.37. The van der Waals surface area contributed by atoms with E-state index in [1.54, 1.807) is 6.26 Å². The molecule has 0 aliphatic rings. The van der Waals surface area contributed by atoms with E-state index in [0.29, 0.717) is 12.1 Å². The van der Waals surface area contributed by atoms with Crippen LogP contribution in [0.5, 0.6) is 0 Å². The molecule has 1 aromatic rings. The maximum atomic E-state index is 5.37. The molecule has 98 valence electrons. The summed E-state index contributed by atoms with van der Waals surface area (Å²) in [6.07, 6.45) is 1.72. The van der Waals surface area contributed by atoms with Crippen molar-refractivity contribution in [3.8, 4) is 0 Å². The molecule has 3 heteroatoms. The fourth-order valence-electron chi connectivity index (χ4n) is 2.16. The van der Waals surface area contributed by atoms with Gasteiger partial charge in [-0.05, 0) is 46.8 Å². The lowest BCUT2D eigenvalue weighted by atomic mass is 10.2. The predicted molar refractivity (Wildman–Crippen MR) is 72.1 cm³/mol. The molecule has 17 heavy (non-hydrogen) atoms. The molecule has 3 nitrogen and oxygen atoms in total. The van der Waals surface area contributed by atoms with Gasteiger partial charge in [-0.3, -0.25) is 4.90 Å². The molecule has 0 amide bonds. The average Bonchev–Trinajstić information content (AvgIpc) is 2.76. The molecular formula is C14H26N2O. The Kier molecular flexibility index (Phi) is 5.72. The van der Waals surface area contributed by atoms with Crippen LogP contribution in [0.1, 0.15) is 46.4 Å². The van der Waals surface area contributed by atoms with Gasteiger partial charge in [0.05, 0.1) is 12.3 Å². The molecule has 0 aromatic carbocycles. The molecule has 0 saturated heterocycles. The van der Waals surface area contributed by atoms with Gasteiger partial charge in [0, 0.05) is 25.2 Å². The second-order valence-electron chi connectivity index (χ2n) is 5.12. The van der Waals surface area contributed by atoms with Gasteiger partial charge in [0.2, 0.25) is 0 Å². The van der Waals surface area contributed by atoms with Crippen LogP contribution in [0.25, 0.3) is 0 Å². The highest BCUT2D eigenvalue weighted by Gasteiger charge is 2.13. The Balaban J connectivity index is 2.31. The zero-order chi connectivity index (χ0) is 12.8. The van der Waals surface area contributed by atoms with Gasteiger partial charge >= 0.3 is 0 Å². The molecule has 0 fully saturated rings. The Morgan fingerprint density at radius 2 is 1.82 bits per heavy atom. The molecule has 0 aliphatic heterocycles. The minimum atomic E-state index is 0.283. The van der Waals surface area contributed by atoms with Crippen LogP contribution in [-0.4, -0.2) is 30.1 Å². The Hall–Kier alpha value is -0.800. The Bertz CT molecular complexity index is 285. The highest BCUT2D eigenvalue weighted by molar-refractivity contribution is 5.02. The fraction of sp³-hybridized carbons (Fsp3) is 0.714. The van der Waals surface area contributed by atoms with E-state index in [1.165, 1.54) is 0 Å². The third kappa shape index (κ3) is 4.52. The van der Waals surface area contributed by atoms with E-state index in [-0.39, 0.29) is 6.04 Å². The summed E-state index contributed by atoms with van der Waals surface area (Å²) >= 11 is 0. The molecule has 0 bridgehead atoms. The second kappa shape index (κ2) is 6.82. The number of furan rings is 1. The van der Waals surface area contributed by atoms with Crippen molar-refractivity contribution in [1.82, 2.24) is 10.2 Å². The van der Waals surface area contributed by atoms with Crippen LogP contribution >= 0.6 is 0 Å². The van der Waals surface area contributed by atoms with Crippen molar-refractivity contribution < 1.29 is 4.42 Å². The summed E-state index contributed by atoms with van der Waals surface area (Å²) < 4.78 is 5.37. The molecule has 0 aliphatic carbocycles. The second-order valence-corrected chi connectivity index (χ2v) is 5.12. The first-order chi connectivity index (χ1) is 8.02. The Morgan fingerprint density at radius 1 is 1.18 bits per heavy atom. The van der Waals surface area contributed by atoms with Gasteiger partial charge in [-0.1, -0.05) is 0 Å². The molecule has 0 saturated carbocycles. The zero-order valence-electron chi connectivity index (χ0n) is 11.7. The van der Waals surface area contributed by atoms with Gasteiger partial charge < -0.3 is 9.73 Å². The largest absolute Gasteiger partial charge is 0.468 e. The molecule has 1 heterocycles. The third-order valence-electron chi connectivity index (χ3n) is 3.12. The van der Waals surface area contributed by atoms with Crippen molar-refractivity contribution in [3.05, 3.63) is 24.2 Å². The standard InChI is InChI=1S/C14H26N2O/c1-11(2)16(12(3)4)9-8-15-13(5)14-7-6-10-17-14/h6-7,10-13,15H,8-9H2,1-5H3. The van der Waals surface area contributed by atoms with Gasteiger partial charge in [0.15, 0.2) is 0 Å². The van der Waals surface area contributed by atoms with Crippen molar-refractivity contribution in [2.24, 2.45) is 0 Å². The number of nitrogens with one attached hydrogen (secondary N) is 1. The summed E-state index contributed by atoms with van der Waals surface area (Å²) in [5, 5.41) is 3.49. The van der Waals surface area contributed by atoms with E-state index in [9.17, 15) is 0 Å². The van der Waals surface area contributed by atoms with E-state index in [1.807, 2.05) is 12.1 Å². The van der Waals surface area contributed by atoms with E-state index in [4.69, 9.17) is 4.42 Å². The summed E-state index contributed by atoms with van der Waals surface area (Å²) in [5.74, 6) is 1.01. The van der Waals surface area contributed by atoms with Crippen LogP contribution in [0.3, 0.4) is 0 Å². The molecule has 1 atom stereocenters. The van der Waals surface area contributed by atoms with Crippen molar-refractivity contribution >= 4 is 0 Å². The van der Waals surface area contributed by atoms with E-state index >= 15 is 0 Å². The highest BCUT2D eigenvalue weighted by Crippen LogP contribution is 2.12. The van der Waals surface area contributed by atoms with Crippen molar-refractivity contribution in [3.63, 3.8) is 0 Å². The first kappa shape index (κ1) is 14.3. The molecule has 1 rings (SSSR count). The van der Waals surface area contributed by atoms with Crippen molar-refractivity contribution in [1.29, 1.82) is 0 Å². The van der Waals surface area contributed by atoms with Crippen LogP contribution in [0, 0.1) is 0 Å². The number of hydrogen-bond donors (Lipinski definition) is 1. The summed E-state index contributed by atoms with van der Waals surface area (Å²) in [7, 11) is 0. The summed E-state index contributed by atoms with van der Waals surface area (Å²) in [5.41, 5.74) is 0. The highest BCUT2D eigenvalue weighted by atomic mass is 16.3. The first-order valence-corrected chi connectivity index (χ1v) is 6.55. The molecule has 0 radical (unpaired) electrons. The van der Waals surface area contributed by atoms with Crippen LogP contribution in [-0.2, 0) is 0 Å². The molecule has 1 aromatic heterocycles. The summed E-state index contributed by atoms with van der Waals surface area (Å²) in [6, 6.07) is 5.42. The lowest BCUT2D eigenvalue weighted by molar-refractivity contribution is 0.173. The van der Waals surface area contributed by atoms with E-state index in [0.717, 1.165) is 18.8 Å². The Labute approximate surface area is 105 Å². The molecule has 1 N–H and O–H groups in total. The number of hydrogen-bond acceptors (Lipinski definition) is 3. The minimum Gasteiger partial charge on any atom is -0.468 e. The van der Waals surface area contributed by atoms with E-state index in [2.05, 4.69) is 44.8 Å². The van der Waals surface area contributed by atoms with Crippen LogP contribution < -0.4 is 5.32 Å². The van der Waals surface area contributed by atoms with E-state index < -0.39 is 0 Å². The predicted octanol–water partition coefficient (Wildman–Crippen LogP) is 3.05. The fourth-order valence-corrected chi connectivity index (χ4v) is 2.16. The van der Waals surface area contributed by atoms with Crippen LogP contribution in [0.2, 0.25) is 0 Å². The van der Waals surface area contributed by atoms with Gasteiger partial charge in [0.25, 0.3) is 0 Å². The van der Waals surface area contributed by atoms with Gasteiger partial charge in [-0.2, -0.15) is 0 Å². The normalized spacial score (nSPS) is 13.9. The van der Waals surface area contributed by atoms with Gasteiger partial charge in [-0.15, -0.1) is 0 Å². The van der Waals surface area contributed by atoms with Crippen molar-refractivity contribution in [2.75, 3.05) is 13.1 Å². The lowest BCUT2D eigenvalue weighted by Gasteiger charge is -2.30. The van der Waals surface area contributed by atoms with Crippen LogP contribution in [0.4, 0.5) is 0 Å². The van der Waals surface area contributed by atoms with Crippen LogP contribution in [0.15, 0.2) is 22.8 Å². The maximum Gasteiger partial charge on any atom is 0.120 e.